The summed E-state index contributed by atoms with van der Waals surface area (Å²) in [5.41, 5.74) is 5.61. The molecular formula is C23H21N3O2. The highest BCUT2D eigenvalue weighted by molar-refractivity contribution is 6.04. The zero-order valence-corrected chi connectivity index (χ0v) is 16.1. The predicted molar refractivity (Wildman–Crippen MR) is 110 cm³/mol. The number of amides is 1. The van der Waals surface area contributed by atoms with Gasteiger partial charge in [0.2, 0.25) is 5.89 Å². The van der Waals surface area contributed by atoms with Crippen molar-refractivity contribution >= 4 is 22.8 Å². The van der Waals surface area contributed by atoms with Crippen LogP contribution in [0.1, 0.15) is 41.3 Å². The first-order chi connectivity index (χ1) is 13.5. The van der Waals surface area contributed by atoms with Crippen LogP contribution in [-0.4, -0.2) is 15.9 Å². The van der Waals surface area contributed by atoms with Crippen molar-refractivity contribution in [3.8, 4) is 11.5 Å². The van der Waals surface area contributed by atoms with E-state index in [4.69, 9.17) is 4.42 Å². The summed E-state index contributed by atoms with van der Waals surface area (Å²) >= 11 is 0. The number of carbonyl (C=O) groups is 1. The molecule has 4 rings (SSSR count). The van der Waals surface area contributed by atoms with Crippen LogP contribution in [0.15, 0.2) is 65.2 Å². The lowest BCUT2D eigenvalue weighted by Gasteiger charge is -2.10. The van der Waals surface area contributed by atoms with E-state index in [2.05, 4.69) is 29.1 Å². The summed E-state index contributed by atoms with van der Waals surface area (Å²) in [5, 5.41) is 2.98. The molecule has 0 spiro atoms. The number of nitrogens with one attached hydrogen (secondary N) is 1. The highest BCUT2D eigenvalue weighted by Crippen LogP contribution is 2.27. The van der Waals surface area contributed by atoms with Crippen LogP contribution >= 0.6 is 0 Å². The minimum absolute atomic E-state index is 0.128. The SMILES string of the molecule is Cc1cc(-c2nc3ncccc3o2)ccc1NC(=O)c1ccc(C(C)C)cc1. The maximum atomic E-state index is 12.6. The summed E-state index contributed by atoms with van der Waals surface area (Å²) in [6.07, 6.45) is 1.69. The number of fused-ring (bicyclic) bond motifs is 1. The van der Waals surface area contributed by atoms with Gasteiger partial charge in [0.25, 0.3) is 5.91 Å². The smallest absolute Gasteiger partial charge is 0.255 e. The fourth-order valence-electron chi connectivity index (χ4n) is 3.04. The number of aromatic nitrogens is 2. The van der Waals surface area contributed by atoms with Crippen LogP contribution in [0.4, 0.5) is 5.69 Å². The van der Waals surface area contributed by atoms with Crippen molar-refractivity contribution in [2.24, 2.45) is 0 Å². The van der Waals surface area contributed by atoms with E-state index in [1.165, 1.54) is 5.56 Å². The van der Waals surface area contributed by atoms with Crippen LogP contribution in [0.25, 0.3) is 22.7 Å². The molecule has 2 aromatic carbocycles. The highest BCUT2D eigenvalue weighted by atomic mass is 16.3. The molecule has 5 heteroatoms. The predicted octanol–water partition coefficient (Wildman–Crippen LogP) is 5.57. The van der Waals surface area contributed by atoms with Crippen LogP contribution in [0.2, 0.25) is 0 Å². The normalized spacial score (nSPS) is 11.1. The van der Waals surface area contributed by atoms with E-state index >= 15 is 0 Å². The molecule has 28 heavy (non-hydrogen) atoms. The molecule has 2 aromatic heterocycles. The summed E-state index contributed by atoms with van der Waals surface area (Å²) in [7, 11) is 0. The van der Waals surface area contributed by atoms with Crippen LogP contribution in [-0.2, 0) is 0 Å². The number of hydrogen-bond acceptors (Lipinski definition) is 4. The van der Waals surface area contributed by atoms with E-state index in [0.717, 1.165) is 16.8 Å². The number of pyridine rings is 1. The Balaban J connectivity index is 1.55. The van der Waals surface area contributed by atoms with E-state index in [-0.39, 0.29) is 5.91 Å². The third-order valence-corrected chi connectivity index (χ3v) is 4.73. The summed E-state index contributed by atoms with van der Waals surface area (Å²) in [6.45, 7) is 6.21. The Morgan fingerprint density at radius 2 is 1.86 bits per heavy atom. The largest absolute Gasteiger partial charge is 0.434 e. The van der Waals surface area contributed by atoms with Gasteiger partial charge in [0, 0.05) is 23.0 Å². The van der Waals surface area contributed by atoms with Gasteiger partial charge >= 0.3 is 0 Å². The molecule has 0 atom stereocenters. The van der Waals surface area contributed by atoms with Gasteiger partial charge in [-0.1, -0.05) is 26.0 Å². The molecular weight excluding hydrogens is 350 g/mol. The van der Waals surface area contributed by atoms with Crippen LogP contribution in [0, 0.1) is 6.92 Å². The second-order valence-electron chi connectivity index (χ2n) is 7.10. The number of benzene rings is 2. The number of nitrogens with zero attached hydrogens (tertiary/aromatic N) is 2. The van der Waals surface area contributed by atoms with Gasteiger partial charge in [0.1, 0.15) is 0 Å². The number of oxazole rings is 1. The molecule has 4 aromatic rings. The molecule has 0 fully saturated rings. The van der Waals surface area contributed by atoms with Crippen LogP contribution in [0.3, 0.4) is 0 Å². The van der Waals surface area contributed by atoms with Gasteiger partial charge in [-0.25, -0.2) is 4.98 Å². The molecule has 5 nitrogen and oxygen atoms in total. The summed E-state index contributed by atoms with van der Waals surface area (Å²) in [4.78, 5) is 21.2. The zero-order valence-electron chi connectivity index (χ0n) is 16.1. The second kappa shape index (κ2) is 7.27. The van der Waals surface area contributed by atoms with Gasteiger partial charge in [-0.2, -0.15) is 4.98 Å². The first kappa shape index (κ1) is 17.9. The van der Waals surface area contributed by atoms with E-state index in [0.29, 0.717) is 28.6 Å². The number of rotatable bonds is 4. The first-order valence-electron chi connectivity index (χ1n) is 9.25. The molecule has 1 N–H and O–H groups in total. The Labute approximate surface area is 163 Å². The summed E-state index contributed by atoms with van der Waals surface area (Å²) in [6, 6.07) is 17.1. The molecule has 0 saturated heterocycles. The lowest BCUT2D eigenvalue weighted by molar-refractivity contribution is 0.102. The molecule has 140 valence electrons. The molecule has 1 amide bonds. The van der Waals surface area contributed by atoms with Crippen molar-refractivity contribution in [1.29, 1.82) is 0 Å². The number of anilines is 1. The van der Waals surface area contributed by atoms with Gasteiger partial charge < -0.3 is 9.73 Å². The Morgan fingerprint density at radius 3 is 2.54 bits per heavy atom. The lowest BCUT2D eigenvalue weighted by atomic mass is 10.0. The van der Waals surface area contributed by atoms with Gasteiger partial charge in [-0.3, -0.25) is 4.79 Å². The molecule has 0 aliphatic carbocycles. The van der Waals surface area contributed by atoms with Crippen LogP contribution < -0.4 is 5.32 Å². The van der Waals surface area contributed by atoms with Gasteiger partial charge in [-0.15, -0.1) is 0 Å². The van der Waals surface area contributed by atoms with Crippen LogP contribution in [0.5, 0.6) is 0 Å². The number of aryl methyl sites for hydroxylation is 1. The lowest BCUT2D eigenvalue weighted by Crippen LogP contribution is -2.12. The molecule has 0 unspecified atom stereocenters. The van der Waals surface area contributed by atoms with E-state index in [9.17, 15) is 4.79 Å². The van der Waals surface area contributed by atoms with Gasteiger partial charge in [0.15, 0.2) is 11.2 Å². The van der Waals surface area contributed by atoms with E-state index in [1.54, 1.807) is 6.20 Å². The number of carbonyl (C=O) groups excluding carboxylic acids is 1. The summed E-state index contributed by atoms with van der Waals surface area (Å²) in [5.74, 6) is 0.824. The molecule has 0 saturated carbocycles. The molecule has 0 bridgehead atoms. The molecule has 0 aliphatic heterocycles. The quantitative estimate of drug-likeness (QED) is 0.509. The van der Waals surface area contributed by atoms with Crippen molar-refractivity contribution in [3.05, 3.63) is 77.5 Å². The zero-order chi connectivity index (χ0) is 19.7. The maximum absolute atomic E-state index is 12.6. The van der Waals surface area contributed by atoms with Crippen molar-refractivity contribution in [1.82, 2.24) is 9.97 Å². The minimum Gasteiger partial charge on any atom is -0.434 e. The first-order valence-corrected chi connectivity index (χ1v) is 9.25. The molecule has 2 heterocycles. The van der Waals surface area contributed by atoms with Gasteiger partial charge in [0.05, 0.1) is 0 Å². The van der Waals surface area contributed by atoms with Crippen molar-refractivity contribution in [2.45, 2.75) is 26.7 Å². The van der Waals surface area contributed by atoms with Crippen molar-refractivity contribution in [3.63, 3.8) is 0 Å². The van der Waals surface area contributed by atoms with E-state index in [1.807, 2.05) is 61.5 Å². The average molecular weight is 371 g/mol. The minimum atomic E-state index is -0.128. The monoisotopic (exact) mass is 371 g/mol. The standard InChI is InChI=1S/C23H21N3O2/c1-14(2)16-6-8-17(9-7-16)22(27)25-19-11-10-18(13-15(19)3)23-26-21-20(28-23)5-4-12-24-21/h4-14H,1-3H3,(H,25,27). The Bertz CT molecular complexity index is 1110. The third kappa shape index (κ3) is 3.51. The van der Waals surface area contributed by atoms with Gasteiger partial charge in [-0.05, 0) is 66.4 Å². The van der Waals surface area contributed by atoms with E-state index < -0.39 is 0 Å². The third-order valence-electron chi connectivity index (χ3n) is 4.73. The topological polar surface area (TPSA) is 68.0 Å². The van der Waals surface area contributed by atoms with Crippen molar-refractivity contribution in [2.75, 3.05) is 5.32 Å². The Hall–Kier alpha value is -3.47. The Morgan fingerprint density at radius 1 is 1.07 bits per heavy atom. The number of hydrogen-bond donors (Lipinski definition) is 1. The molecule has 0 radical (unpaired) electrons. The maximum Gasteiger partial charge on any atom is 0.255 e. The fraction of sp³-hybridized carbons (Fsp3) is 0.174. The summed E-state index contributed by atoms with van der Waals surface area (Å²) < 4.78 is 5.77. The Kier molecular flexibility index (Phi) is 4.65. The average Bonchev–Trinajstić information content (AvgIpc) is 3.13. The second-order valence-corrected chi connectivity index (χ2v) is 7.10. The van der Waals surface area contributed by atoms with Crippen molar-refractivity contribution < 1.29 is 9.21 Å². The highest BCUT2D eigenvalue weighted by Gasteiger charge is 2.12. The molecule has 0 aliphatic rings. The fourth-order valence-corrected chi connectivity index (χ4v) is 3.04.